The SMILES string of the molecule is COc1ccc(OC)c(N(CC(=O)NCCN(C)C)S(=O)(=O)c2ccccc2)c1. The topological polar surface area (TPSA) is 88.2 Å². The van der Waals surface area contributed by atoms with Crippen LogP contribution in [0.15, 0.2) is 53.4 Å². The molecule has 0 aliphatic rings. The highest BCUT2D eigenvalue weighted by atomic mass is 32.2. The Hall–Kier alpha value is -2.78. The number of hydrogen-bond acceptors (Lipinski definition) is 6. The van der Waals surface area contributed by atoms with Gasteiger partial charge in [0.05, 0.1) is 24.8 Å². The normalized spacial score (nSPS) is 11.2. The van der Waals surface area contributed by atoms with E-state index >= 15 is 0 Å². The third-order valence-electron chi connectivity index (χ3n) is 4.15. The number of hydrogen-bond donors (Lipinski definition) is 1. The van der Waals surface area contributed by atoms with Crippen LogP contribution in [0.5, 0.6) is 11.5 Å². The summed E-state index contributed by atoms with van der Waals surface area (Å²) < 4.78 is 38.3. The van der Waals surface area contributed by atoms with Crippen LogP contribution in [0.2, 0.25) is 0 Å². The van der Waals surface area contributed by atoms with Crippen molar-refractivity contribution >= 4 is 21.6 Å². The van der Waals surface area contributed by atoms with Crippen LogP contribution in [0.1, 0.15) is 0 Å². The molecule has 1 N–H and O–H groups in total. The number of likely N-dealkylation sites (N-methyl/N-ethyl adjacent to an activating group) is 1. The van der Waals surface area contributed by atoms with Crippen molar-refractivity contribution in [2.75, 3.05) is 52.3 Å². The molecule has 0 spiro atoms. The van der Waals surface area contributed by atoms with E-state index in [1.807, 2.05) is 19.0 Å². The van der Waals surface area contributed by atoms with E-state index in [0.29, 0.717) is 24.6 Å². The number of rotatable bonds is 10. The lowest BCUT2D eigenvalue weighted by Crippen LogP contribution is -2.42. The molecule has 0 saturated heterocycles. The second-order valence-electron chi connectivity index (χ2n) is 6.52. The third kappa shape index (κ3) is 5.85. The quantitative estimate of drug-likeness (QED) is 0.627. The Balaban J connectivity index is 2.45. The van der Waals surface area contributed by atoms with Crippen LogP contribution >= 0.6 is 0 Å². The van der Waals surface area contributed by atoms with E-state index in [2.05, 4.69) is 5.32 Å². The van der Waals surface area contributed by atoms with E-state index in [1.54, 1.807) is 30.3 Å². The lowest BCUT2D eigenvalue weighted by atomic mass is 10.2. The second-order valence-corrected chi connectivity index (χ2v) is 8.38. The lowest BCUT2D eigenvalue weighted by molar-refractivity contribution is -0.119. The smallest absolute Gasteiger partial charge is 0.264 e. The molecule has 0 unspecified atom stereocenters. The molecule has 0 aliphatic carbocycles. The molecule has 0 radical (unpaired) electrons. The number of sulfonamides is 1. The number of ether oxygens (including phenoxy) is 2. The molecule has 0 aliphatic heterocycles. The van der Waals surface area contributed by atoms with Crippen LogP contribution in [-0.4, -0.2) is 67.2 Å². The second kappa shape index (κ2) is 10.1. The molecule has 0 heterocycles. The molecule has 2 aromatic carbocycles. The number of nitrogens with one attached hydrogen (secondary N) is 1. The fraction of sp³-hybridized carbons (Fsp3) is 0.350. The van der Waals surface area contributed by atoms with E-state index < -0.39 is 22.5 Å². The van der Waals surface area contributed by atoms with Gasteiger partial charge in [-0.05, 0) is 38.4 Å². The molecule has 1 amide bonds. The lowest BCUT2D eigenvalue weighted by Gasteiger charge is -2.26. The molecule has 0 saturated carbocycles. The minimum Gasteiger partial charge on any atom is -0.497 e. The zero-order valence-electron chi connectivity index (χ0n) is 17.1. The minimum absolute atomic E-state index is 0.0750. The summed E-state index contributed by atoms with van der Waals surface area (Å²) in [7, 11) is 2.68. The van der Waals surface area contributed by atoms with Gasteiger partial charge in [0, 0.05) is 19.2 Å². The Morgan fingerprint density at radius 1 is 1.03 bits per heavy atom. The Kier molecular flexibility index (Phi) is 7.86. The van der Waals surface area contributed by atoms with Crippen LogP contribution in [0.4, 0.5) is 5.69 Å². The molecular weight excluding hydrogens is 394 g/mol. The number of amides is 1. The Bertz CT molecular complexity index is 917. The van der Waals surface area contributed by atoms with E-state index in [4.69, 9.17) is 9.47 Å². The molecular formula is C20H27N3O5S. The van der Waals surface area contributed by atoms with Crippen molar-refractivity contribution < 1.29 is 22.7 Å². The first-order valence-corrected chi connectivity index (χ1v) is 10.4. The van der Waals surface area contributed by atoms with Crippen molar-refractivity contribution in [2.24, 2.45) is 0 Å². The summed E-state index contributed by atoms with van der Waals surface area (Å²) in [6, 6.07) is 12.8. The zero-order valence-corrected chi connectivity index (χ0v) is 17.9. The van der Waals surface area contributed by atoms with E-state index in [1.165, 1.54) is 32.4 Å². The highest BCUT2D eigenvalue weighted by molar-refractivity contribution is 7.92. The average molecular weight is 422 g/mol. The van der Waals surface area contributed by atoms with Crippen LogP contribution in [0.25, 0.3) is 0 Å². The van der Waals surface area contributed by atoms with E-state index in [9.17, 15) is 13.2 Å². The Morgan fingerprint density at radius 3 is 2.31 bits per heavy atom. The molecule has 0 atom stereocenters. The number of anilines is 1. The summed E-state index contributed by atoms with van der Waals surface area (Å²) in [6.45, 7) is 0.647. The maximum Gasteiger partial charge on any atom is 0.264 e. The van der Waals surface area contributed by atoms with E-state index in [0.717, 1.165) is 4.31 Å². The molecule has 0 bridgehead atoms. The van der Waals surface area contributed by atoms with Gasteiger partial charge in [0.2, 0.25) is 5.91 Å². The summed E-state index contributed by atoms with van der Waals surface area (Å²) >= 11 is 0. The van der Waals surface area contributed by atoms with Gasteiger partial charge in [0.1, 0.15) is 18.0 Å². The highest BCUT2D eigenvalue weighted by Gasteiger charge is 2.29. The van der Waals surface area contributed by atoms with Crippen molar-refractivity contribution in [3.63, 3.8) is 0 Å². The van der Waals surface area contributed by atoms with Gasteiger partial charge in [-0.25, -0.2) is 8.42 Å². The van der Waals surface area contributed by atoms with Gasteiger partial charge in [-0.2, -0.15) is 0 Å². The largest absolute Gasteiger partial charge is 0.497 e. The molecule has 8 nitrogen and oxygen atoms in total. The average Bonchev–Trinajstić information content (AvgIpc) is 2.71. The van der Waals surface area contributed by atoms with Gasteiger partial charge in [-0.15, -0.1) is 0 Å². The van der Waals surface area contributed by atoms with Crippen molar-refractivity contribution in [3.05, 3.63) is 48.5 Å². The van der Waals surface area contributed by atoms with Crippen molar-refractivity contribution in [3.8, 4) is 11.5 Å². The first-order valence-electron chi connectivity index (χ1n) is 9.01. The Labute approximate surface area is 172 Å². The fourth-order valence-corrected chi connectivity index (χ4v) is 4.06. The summed E-state index contributed by atoms with van der Waals surface area (Å²) in [4.78, 5) is 14.5. The third-order valence-corrected chi connectivity index (χ3v) is 5.93. The molecule has 2 aromatic rings. The van der Waals surface area contributed by atoms with Crippen molar-refractivity contribution in [1.82, 2.24) is 10.2 Å². The van der Waals surface area contributed by atoms with Gasteiger partial charge >= 0.3 is 0 Å². The summed E-state index contributed by atoms with van der Waals surface area (Å²) in [6.07, 6.45) is 0. The van der Waals surface area contributed by atoms with Gasteiger partial charge < -0.3 is 19.7 Å². The number of carbonyl (C=O) groups excluding carboxylic acids is 1. The monoisotopic (exact) mass is 421 g/mol. The Morgan fingerprint density at radius 2 is 1.72 bits per heavy atom. The molecule has 158 valence electrons. The predicted octanol–water partition coefficient (Wildman–Crippen LogP) is 1.58. The predicted molar refractivity (Wildman–Crippen MR) is 112 cm³/mol. The number of methoxy groups -OCH3 is 2. The number of carbonyl (C=O) groups is 1. The minimum atomic E-state index is -4.02. The van der Waals surface area contributed by atoms with Crippen molar-refractivity contribution in [2.45, 2.75) is 4.90 Å². The summed E-state index contributed by atoms with van der Waals surface area (Å²) in [5, 5.41) is 2.75. The van der Waals surface area contributed by atoms with Gasteiger partial charge in [0.25, 0.3) is 10.0 Å². The van der Waals surface area contributed by atoms with E-state index in [-0.39, 0.29) is 10.6 Å². The van der Waals surface area contributed by atoms with Crippen LogP contribution in [0.3, 0.4) is 0 Å². The first kappa shape index (κ1) is 22.5. The number of nitrogens with zero attached hydrogens (tertiary/aromatic N) is 2. The van der Waals surface area contributed by atoms with Crippen LogP contribution in [-0.2, 0) is 14.8 Å². The molecule has 2 rings (SSSR count). The summed E-state index contributed by atoms with van der Waals surface area (Å²) in [5.74, 6) is 0.338. The molecule has 29 heavy (non-hydrogen) atoms. The van der Waals surface area contributed by atoms with Gasteiger partial charge in [-0.1, -0.05) is 18.2 Å². The zero-order chi connectivity index (χ0) is 21.4. The molecule has 0 fully saturated rings. The number of benzene rings is 2. The standard InChI is InChI=1S/C20H27N3O5S/c1-22(2)13-12-21-20(24)15-23(29(25,26)17-8-6-5-7-9-17)18-14-16(27-3)10-11-19(18)28-4/h5-11,14H,12-13,15H2,1-4H3,(H,21,24). The maximum absolute atomic E-state index is 13.4. The maximum atomic E-state index is 13.4. The molecule has 9 heteroatoms. The summed E-state index contributed by atoms with van der Waals surface area (Å²) in [5.41, 5.74) is 0.221. The van der Waals surface area contributed by atoms with Crippen LogP contribution < -0.4 is 19.1 Å². The van der Waals surface area contributed by atoms with Gasteiger partial charge in [0.15, 0.2) is 0 Å². The fourth-order valence-electron chi connectivity index (χ4n) is 2.62. The van der Waals surface area contributed by atoms with Gasteiger partial charge in [-0.3, -0.25) is 9.10 Å². The molecule has 0 aromatic heterocycles. The highest BCUT2D eigenvalue weighted by Crippen LogP contribution is 2.35. The van der Waals surface area contributed by atoms with Crippen LogP contribution in [0, 0.1) is 0 Å². The first-order chi connectivity index (χ1) is 13.8. The van der Waals surface area contributed by atoms with Crippen molar-refractivity contribution in [1.29, 1.82) is 0 Å².